The maximum atomic E-state index is 12.5. The quantitative estimate of drug-likeness (QED) is 0.683. The third-order valence-electron chi connectivity index (χ3n) is 3.86. The first-order chi connectivity index (χ1) is 11.7. The van der Waals surface area contributed by atoms with Crippen molar-refractivity contribution in [2.75, 3.05) is 19.7 Å². The van der Waals surface area contributed by atoms with Gasteiger partial charge in [-0.1, -0.05) is 39.3 Å². The molecule has 0 aliphatic heterocycles. The van der Waals surface area contributed by atoms with Crippen molar-refractivity contribution in [2.24, 2.45) is 17.6 Å². The fraction of sp³-hybridized carbons (Fsp3) is 0.579. The Morgan fingerprint density at radius 1 is 1.12 bits per heavy atom. The Balaban J connectivity index is 2.74. The second kappa shape index (κ2) is 10.3. The van der Waals surface area contributed by atoms with Crippen LogP contribution in [0.3, 0.4) is 0 Å². The van der Waals surface area contributed by atoms with E-state index in [1.807, 2.05) is 4.90 Å². The van der Waals surface area contributed by atoms with Crippen LogP contribution in [-0.4, -0.2) is 36.4 Å². The minimum Gasteiger partial charge on any atom is -0.483 e. The number of ether oxygens (including phenoxy) is 1. The van der Waals surface area contributed by atoms with E-state index >= 15 is 0 Å². The minimum absolute atomic E-state index is 0.0910. The molecule has 1 rings (SSSR count). The SMILES string of the molecule is CC(C)CCN(CCC(C)C)C(=O)COc1ccc(Cl)cc1C(N)=O. The number of halogens is 1. The molecule has 0 spiro atoms. The Labute approximate surface area is 155 Å². The maximum absolute atomic E-state index is 12.5. The lowest BCUT2D eigenvalue weighted by Crippen LogP contribution is -2.37. The molecule has 0 aliphatic rings. The number of hydrogen-bond donors (Lipinski definition) is 1. The molecule has 0 aliphatic carbocycles. The van der Waals surface area contributed by atoms with Crippen molar-refractivity contribution in [3.63, 3.8) is 0 Å². The molecule has 140 valence electrons. The highest BCUT2D eigenvalue weighted by atomic mass is 35.5. The lowest BCUT2D eigenvalue weighted by Gasteiger charge is -2.24. The van der Waals surface area contributed by atoms with Crippen LogP contribution in [0.5, 0.6) is 5.75 Å². The fourth-order valence-corrected chi connectivity index (χ4v) is 2.41. The van der Waals surface area contributed by atoms with Crippen molar-refractivity contribution >= 4 is 23.4 Å². The average molecular weight is 369 g/mol. The molecule has 6 heteroatoms. The molecule has 5 nitrogen and oxygen atoms in total. The molecule has 0 radical (unpaired) electrons. The molecule has 0 fully saturated rings. The van der Waals surface area contributed by atoms with E-state index in [1.54, 1.807) is 12.1 Å². The topological polar surface area (TPSA) is 72.6 Å². The van der Waals surface area contributed by atoms with Gasteiger partial charge in [-0.3, -0.25) is 9.59 Å². The van der Waals surface area contributed by atoms with Crippen molar-refractivity contribution in [3.05, 3.63) is 28.8 Å². The van der Waals surface area contributed by atoms with Crippen LogP contribution in [0, 0.1) is 11.8 Å². The van der Waals surface area contributed by atoms with Crippen molar-refractivity contribution < 1.29 is 14.3 Å². The lowest BCUT2D eigenvalue weighted by atomic mass is 10.1. The Bertz CT molecular complexity index is 576. The van der Waals surface area contributed by atoms with Crippen LogP contribution >= 0.6 is 11.6 Å². The average Bonchev–Trinajstić information content (AvgIpc) is 2.52. The number of nitrogens with zero attached hydrogens (tertiary/aromatic N) is 1. The van der Waals surface area contributed by atoms with Gasteiger partial charge in [-0.2, -0.15) is 0 Å². The molecule has 25 heavy (non-hydrogen) atoms. The number of rotatable bonds is 10. The summed E-state index contributed by atoms with van der Waals surface area (Å²) >= 11 is 5.88. The number of hydrogen-bond acceptors (Lipinski definition) is 3. The Morgan fingerprint density at radius 2 is 1.68 bits per heavy atom. The Hall–Kier alpha value is -1.75. The summed E-state index contributed by atoms with van der Waals surface area (Å²) in [4.78, 5) is 25.9. The van der Waals surface area contributed by atoms with Gasteiger partial charge in [0, 0.05) is 18.1 Å². The summed E-state index contributed by atoms with van der Waals surface area (Å²) in [5, 5.41) is 0.392. The first-order valence-electron chi connectivity index (χ1n) is 8.70. The zero-order valence-corrected chi connectivity index (χ0v) is 16.3. The molecular formula is C19H29ClN2O3. The van der Waals surface area contributed by atoms with Gasteiger partial charge in [-0.05, 0) is 42.9 Å². The fourth-order valence-electron chi connectivity index (χ4n) is 2.24. The normalized spacial score (nSPS) is 11.0. The molecule has 0 atom stereocenters. The van der Waals surface area contributed by atoms with Crippen LogP contribution in [-0.2, 0) is 4.79 Å². The second-order valence-corrected chi connectivity index (χ2v) is 7.48. The minimum atomic E-state index is -0.638. The van der Waals surface area contributed by atoms with Gasteiger partial charge in [0.25, 0.3) is 11.8 Å². The van der Waals surface area contributed by atoms with Gasteiger partial charge in [0.15, 0.2) is 6.61 Å². The number of carbonyl (C=O) groups excluding carboxylic acids is 2. The zero-order valence-electron chi connectivity index (χ0n) is 15.5. The third kappa shape index (κ3) is 7.78. The Kier molecular flexibility index (Phi) is 8.76. The van der Waals surface area contributed by atoms with E-state index in [9.17, 15) is 9.59 Å². The Morgan fingerprint density at radius 3 is 2.16 bits per heavy atom. The summed E-state index contributed by atoms with van der Waals surface area (Å²) in [5.41, 5.74) is 5.52. The van der Waals surface area contributed by atoms with Gasteiger partial charge in [0.1, 0.15) is 5.75 Å². The van der Waals surface area contributed by atoms with E-state index in [-0.39, 0.29) is 23.8 Å². The molecule has 1 aromatic carbocycles. The molecule has 0 saturated carbocycles. The number of benzene rings is 1. The van der Waals surface area contributed by atoms with Crippen molar-refractivity contribution in [2.45, 2.75) is 40.5 Å². The van der Waals surface area contributed by atoms with Crippen LogP contribution in [0.4, 0.5) is 0 Å². The van der Waals surface area contributed by atoms with Gasteiger partial charge in [-0.25, -0.2) is 0 Å². The number of primary amides is 1. The molecule has 1 aromatic rings. The van der Waals surface area contributed by atoms with Gasteiger partial charge in [0.2, 0.25) is 0 Å². The van der Waals surface area contributed by atoms with Crippen LogP contribution in [0.25, 0.3) is 0 Å². The molecule has 0 saturated heterocycles. The summed E-state index contributed by atoms with van der Waals surface area (Å²) in [7, 11) is 0. The molecule has 2 amide bonds. The molecule has 0 unspecified atom stereocenters. The smallest absolute Gasteiger partial charge is 0.260 e. The summed E-state index contributed by atoms with van der Waals surface area (Å²) < 4.78 is 5.56. The summed E-state index contributed by atoms with van der Waals surface area (Å²) in [6.07, 6.45) is 1.88. The van der Waals surface area contributed by atoms with E-state index in [0.717, 1.165) is 12.8 Å². The summed E-state index contributed by atoms with van der Waals surface area (Å²) in [6.45, 7) is 9.82. The maximum Gasteiger partial charge on any atom is 0.260 e. The lowest BCUT2D eigenvalue weighted by molar-refractivity contribution is -0.133. The van der Waals surface area contributed by atoms with Gasteiger partial charge < -0.3 is 15.4 Å². The number of nitrogens with two attached hydrogens (primary N) is 1. The van der Waals surface area contributed by atoms with Gasteiger partial charge >= 0.3 is 0 Å². The van der Waals surface area contributed by atoms with Crippen LogP contribution < -0.4 is 10.5 Å². The van der Waals surface area contributed by atoms with E-state index in [1.165, 1.54) is 6.07 Å². The molecule has 0 heterocycles. The van der Waals surface area contributed by atoms with Crippen molar-refractivity contribution in [1.29, 1.82) is 0 Å². The number of amides is 2. The first kappa shape index (κ1) is 21.3. The van der Waals surface area contributed by atoms with Crippen LogP contribution in [0.1, 0.15) is 50.9 Å². The standard InChI is InChI=1S/C19H29ClN2O3/c1-13(2)7-9-22(10-8-14(3)4)18(23)12-25-17-6-5-15(20)11-16(17)19(21)24/h5-6,11,13-14H,7-10,12H2,1-4H3,(H2,21,24). The van der Waals surface area contributed by atoms with Crippen LogP contribution in [0.2, 0.25) is 5.02 Å². The molecule has 0 bridgehead atoms. The first-order valence-corrected chi connectivity index (χ1v) is 9.08. The molecule has 2 N–H and O–H groups in total. The highest BCUT2D eigenvalue weighted by Crippen LogP contribution is 2.22. The molecule has 0 aromatic heterocycles. The van der Waals surface area contributed by atoms with E-state index < -0.39 is 5.91 Å². The third-order valence-corrected chi connectivity index (χ3v) is 4.10. The monoisotopic (exact) mass is 368 g/mol. The highest BCUT2D eigenvalue weighted by Gasteiger charge is 2.17. The summed E-state index contributed by atoms with van der Waals surface area (Å²) in [5.74, 6) is 0.590. The van der Waals surface area contributed by atoms with Crippen molar-refractivity contribution in [3.8, 4) is 5.75 Å². The van der Waals surface area contributed by atoms with Gasteiger partial charge in [-0.15, -0.1) is 0 Å². The van der Waals surface area contributed by atoms with Gasteiger partial charge in [0.05, 0.1) is 5.56 Å². The van der Waals surface area contributed by atoms with E-state index in [2.05, 4.69) is 27.7 Å². The number of carbonyl (C=O) groups is 2. The van der Waals surface area contributed by atoms with Crippen LogP contribution in [0.15, 0.2) is 18.2 Å². The predicted molar refractivity (Wildman–Crippen MR) is 101 cm³/mol. The van der Waals surface area contributed by atoms with Crippen molar-refractivity contribution in [1.82, 2.24) is 4.90 Å². The predicted octanol–water partition coefficient (Wildman–Crippen LogP) is 3.74. The summed E-state index contributed by atoms with van der Waals surface area (Å²) in [6, 6.07) is 4.60. The molecular weight excluding hydrogens is 340 g/mol. The largest absolute Gasteiger partial charge is 0.483 e. The highest BCUT2D eigenvalue weighted by molar-refractivity contribution is 6.31. The second-order valence-electron chi connectivity index (χ2n) is 7.04. The zero-order chi connectivity index (χ0) is 19.0. The van der Waals surface area contributed by atoms with E-state index in [4.69, 9.17) is 22.1 Å². The van der Waals surface area contributed by atoms with E-state index in [0.29, 0.717) is 29.9 Å².